The summed E-state index contributed by atoms with van der Waals surface area (Å²) < 4.78 is 0. The van der Waals surface area contributed by atoms with Gasteiger partial charge < -0.3 is 15.6 Å². The monoisotopic (exact) mass is 298 g/mol. The lowest BCUT2D eigenvalue weighted by molar-refractivity contribution is -0.127. The molecular weight excluding hydrogens is 280 g/mol. The summed E-state index contributed by atoms with van der Waals surface area (Å²) in [6.07, 6.45) is 6.76. The highest BCUT2D eigenvalue weighted by Gasteiger charge is 2.26. The minimum absolute atomic E-state index is 0.0447. The number of fused-ring (bicyclic) bond motifs is 1. The van der Waals surface area contributed by atoms with Gasteiger partial charge in [-0.25, -0.2) is 4.98 Å². The van der Waals surface area contributed by atoms with Crippen molar-refractivity contribution in [3.8, 4) is 0 Å². The van der Waals surface area contributed by atoms with Crippen LogP contribution in [0, 0.1) is 0 Å². The highest BCUT2D eigenvalue weighted by Crippen LogP contribution is 2.32. The Kier molecular flexibility index (Phi) is 3.66. The molecule has 0 unspecified atom stereocenters. The highest BCUT2D eigenvalue weighted by molar-refractivity contribution is 6.03. The fourth-order valence-electron chi connectivity index (χ4n) is 3.15. The molecule has 1 saturated heterocycles. The molecular formula is C16H18N4O2. The number of piperidine rings is 1. The van der Waals surface area contributed by atoms with E-state index in [4.69, 9.17) is 5.73 Å². The minimum atomic E-state index is -0.550. The van der Waals surface area contributed by atoms with Crippen LogP contribution in [0.15, 0.2) is 31.1 Å². The van der Waals surface area contributed by atoms with E-state index in [2.05, 4.69) is 16.5 Å². The normalized spacial score (nSPS) is 18.4. The van der Waals surface area contributed by atoms with Gasteiger partial charge in [-0.3, -0.25) is 9.59 Å². The Morgan fingerprint density at radius 1 is 1.50 bits per heavy atom. The van der Waals surface area contributed by atoms with Crippen LogP contribution < -0.4 is 5.73 Å². The molecule has 0 bridgehead atoms. The van der Waals surface area contributed by atoms with Gasteiger partial charge >= 0.3 is 0 Å². The molecule has 114 valence electrons. The van der Waals surface area contributed by atoms with E-state index in [1.165, 1.54) is 6.08 Å². The average molecular weight is 298 g/mol. The van der Waals surface area contributed by atoms with Gasteiger partial charge in [0.25, 0.3) is 5.91 Å². The van der Waals surface area contributed by atoms with Crippen LogP contribution >= 0.6 is 0 Å². The first-order chi connectivity index (χ1) is 10.6. The summed E-state index contributed by atoms with van der Waals surface area (Å²) in [5, 5.41) is 0.946. The number of nitrogens with one attached hydrogen (secondary N) is 1. The molecule has 0 spiro atoms. The standard InChI is InChI=1S/C16H18N4O2/c1-2-13(21)20-7-3-4-10(9-20)12-8-19-15(16(17)22)14-11(12)5-6-18-14/h2,5-6,8,10,18H,1,3-4,7,9H2,(H2,17,22)/t10-/m0/s1. The van der Waals surface area contributed by atoms with Crippen molar-refractivity contribution in [2.24, 2.45) is 5.73 Å². The highest BCUT2D eigenvalue weighted by atomic mass is 16.2. The summed E-state index contributed by atoms with van der Waals surface area (Å²) in [5.41, 5.74) is 7.32. The number of pyridine rings is 1. The zero-order valence-corrected chi connectivity index (χ0v) is 12.2. The Bertz CT molecular complexity index is 750. The van der Waals surface area contributed by atoms with E-state index in [-0.39, 0.29) is 17.5 Å². The smallest absolute Gasteiger partial charge is 0.269 e. The van der Waals surface area contributed by atoms with Crippen LogP contribution in [0.3, 0.4) is 0 Å². The van der Waals surface area contributed by atoms with E-state index < -0.39 is 5.91 Å². The third-order valence-corrected chi connectivity index (χ3v) is 4.21. The Hall–Kier alpha value is -2.63. The number of primary amides is 1. The van der Waals surface area contributed by atoms with Gasteiger partial charge in [0, 0.05) is 36.8 Å². The maximum atomic E-state index is 11.8. The summed E-state index contributed by atoms with van der Waals surface area (Å²) in [4.78, 5) is 32.3. The fraction of sp³-hybridized carbons (Fsp3) is 0.312. The lowest BCUT2D eigenvalue weighted by Crippen LogP contribution is -2.38. The predicted octanol–water partition coefficient (Wildman–Crippen LogP) is 1.55. The predicted molar refractivity (Wildman–Crippen MR) is 83.4 cm³/mol. The van der Waals surface area contributed by atoms with Crippen LogP contribution in [-0.2, 0) is 4.79 Å². The van der Waals surface area contributed by atoms with Crippen molar-refractivity contribution in [3.05, 3.63) is 42.4 Å². The summed E-state index contributed by atoms with van der Waals surface area (Å²) in [6.45, 7) is 4.94. The quantitative estimate of drug-likeness (QED) is 0.842. The molecule has 1 aliphatic rings. The molecule has 1 fully saturated rings. The Morgan fingerprint density at radius 3 is 3.05 bits per heavy atom. The minimum Gasteiger partial charge on any atom is -0.364 e. The van der Waals surface area contributed by atoms with Crippen molar-refractivity contribution in [2.75, 3.05) is 13.1 Å². The van der Waals surface area contributed by atoms with Crippen LogP contribution in [0.5, 0.6) is 0 Å². The van der Waals surface area contributed by atoms with Crippen molar-refractivity contribution < 1.29 is 9.59 Å². The fourth-order valence-corrected chi connectivity index (χ4v) is 3.15. The van der Waals surface area contributed by atoms with Gasteiger partial charge in [0.05, 0.1) is 5.52 Å². The summed E-state index contributed by atoms with van der Waals surface area (Å²) >= 11 is 0. The van der Waals surface area contributed by atoms with Gasteiger partial charge in [-0.1, -0.05) is 6.58 Å². The van der Waals surface area contributed by atoms with E-state index in [9.17, 15) is 9.59 Å². The van der Waals surface area contributed by atoms with Crippen LogP contribution in [0.4, 0.5) is 0 Å². The number of aromatic nitrogens is 2. The SMILES string of the molecule is C=CC(=O)N1CCC[C@H](c2cnc(C(N)=O)c3[nH]ccc23)C1. The number of hydrogen-bond donors (Lipinski definition) is 2. The van der Waals surface area contributed by atoms with E-state index in [1.807, 2.05) is 11.0 Å². The third kappa shape index (κ3) is 2.36. The summed E-state index contributed by atoms with van der Waals surface area (Å²) in [5.74, 6) is -0.395. The maximum Gasteiger partial charge on any atom is 0.269 e. The van der Waals surface area contributed by atoms with Crippen molar-refractivity contribution in [1.29, 1.82) is 0 Å². The van der Waals surface area contributed by atoms with Crippen LogP contribution in [0.1, 0.15) is 34.8 Å². The summed E-state index contributed by atoms with van der Waals surface area (Å²) in [6, 6.07) is 1.92. The molecule has 6 nitrogen and oxygen atoms in total. The number of carbonyl (C=O) groups excluding carboxylic acids is 2. The molecule has 2 amide bonds. The van der Waals surface area contributed by atoms with Crippen molar-refractivity contribution in [2.45, 2.75) is 18.8 Å². The maximum absolute atomic E-state index is 11.8. The van der Waals surface area contributed by atoms with E-state index >= 15 is 0 Å². The second kappa shape index (κ2) is 5.63. The van der Waals surface area contributed by atoms with Crippen LogP contribution in [0.2, 0.25) is 0 Å². The van der Waals surface area contributed by atoms with Crippen molar-refractivity contribution in [3.63, 3.8) is 0 Å². The number of hydrogen-bond acceptors (Lipinski definition) is 3. The van der Waals surface area contributed by atoms with E-state index in [0.29, 0.717) is 12.1 Å². The Morgan fingerprint density at radius 2 is 2.32 bits per heavy atom. The average Bonchev–Trinajstić information content (AvgIpc) is 3.02. The Balaban J connectivity index is 1.98. The second-order valence-corrected chi connectivity index (χ2v) is 5.52. The molecule has 1 aliphatic heterocycles. The van der Waals surface area contributed by atoms with E-state index in [0.717, 1.165) is 30.3 Å². The third-order valence-electron chi connectivity index (χ3n) is 4.21. The lowest BCUT2D eigenvalue weighted by Gasteiger charge is -2.32. The molecule has 3 N–H and O–H groups in total. The number of aromatic amines is 1. The number of nitrogens with zero attached hydrogens (tertiary/aromatic N) is 2. The van der Waals surface area contributed by atoms with Gasteiger partial charge in [-0.15, -0.1) is 0 Å². The molecule has 0 saturated carbocycles. The molecule has 3 heterocycles. The number of rotatable bonds is 3. The lowest BCUT2D eigenvalue weighted by atomic mass is 9.89. The second-order valence-electron chi connectivity index (χ2n) is 5.52. The number of nitrogens with two attached hydrogens (primary N) is 1. The number of carbonyl (C=O) groups is 2. The number of likely N-dealkylation sites (tertiary alicyclic amines) is 1. The zero-order chi connectivity index (χ0) is 15.7. The van der Waals surface area contributed by atoms with E-state index in [1.54, 1.807) is 12.4 Å². The zero-order valence-electron chi connectivity index (χ0n) is 12.2. The molecule has 2 aromatic rings. The first-order valence-corrected chi connectivity index (χ1v) is 7.29. The number of amides is 2. The molecule has 2 aromatic heterocycles. The van der Waals surface area contributed by atoms with Gasteiger partial charge in [0.2, 0.25) is 5.91 Å². The van der Waals surface area contributed by atoms with Gasteiger partial charge in [-0.2, -0.15) is 0 Å². The molecule has 3 rings (SSSR count). The van der Waals surface area contributed by atoms with Crippen molar-refractivity contribution >= 4 is 22.7 Å². The molecule has 22 heavy (non-hydrogen) atoms. The van der Waals surface area contributed by atoms with Crippen LogP contribution in [0.25, 0.3) is 10.9 Å². The molecule has 6 heteroatoms. The first kappa shape index (κ1) is 14.3. The molecule has 0 aliphatic carbocycles. The Labute approximate surface area is 128 Å². The summed E-state index contributed by atoms with van der Waals surface area (Å²) in [7, 11) is 0. The van der Waals surface area contributed by atoms with Gasteiger partial charge in [0.1, 0.15) is 0 Å². The van der Waals surface area contributed by atoms with Crippen molar-refractivity contribution in [1.82, 2.24) is 14.9 Å². The molecule has 0 radical (unpaired) electrons. The van der Waals surface area contributed by atoms with Gasteiger partial charge in [-0.05, 0) is 30.5 Å². The largest absolute Gasteiger partial charge is 0.364 e. The first-order valence-electron chi connectivity index (χ1n) is 7.29. The number of H-pyrrole nitrogens is 1. The van der Waals surface area contributed by atoms with Gasteiger partial charge in [0.15, 0.2) is 5.69 Å². The topological polar surface area (TPSA) is 92.1 Å². The molecule has 0 aromatic carbocycles. The van der Waals surface area contributed by atoms with Crippen LogP contribution in [-0.4, -0.2) is 39.8 Å². The molecule has 1 atom stereocenters.